The smallest absolute Gasteiger partial charge is 0.341 e. The number of nitrogens with zero attached hydrogens (tertiary/aromatic N) is 3. The zero-order valence-electron chi connectivity index (χ0n) is 15.1. The Hall–Kier alpha value is -3.04. The Bertz CT molecular complexity index is 985. The number of likely N-dealkylation sites (N-methyl/N-ethyl adjacent to an activating group) is 1. The van der Waals surface area contributed by atoms with E-state index in [9.17, 15) is 4.79 Å². The summed E-state index contributed by atoms with van der Waals surface area (Å²) in [4.78, 5) is 14.8. The summed E-state index contributed by atoms with van der Waals surface area (Å²) in [5, 5.41) is 9.48. The highest BCUT2D eigenvalue weighted by Crippen LogP contribution is 2.30. The lowest BCUT2D eigenvalue weighted by Gasteiger charge is -2.19. The van der Waals surface area contributed by atoms with E-state index in [1.807, 2.05) is 72.9 Å². The van der Waals surface area contributed by atoms with Crippen molar-refractivity contribution in [3.63, 3.8) is 0 Å². The van der Waals surface area contributed by atoms with Crippen molar-refractivity contribution in [2.75, 3.05) is 27.3 Å². The molecule has 0 amide bonds. The number of nitriles is 1. The van der Waals surface area contributed by atoms with Gasteiger partial charge < -0.3 is 18.8 Å². The number of rotatable bonds is 6. The highest BCUT2D eigenvalue weighted by atomic mass is 16.5. The molecule has 26 heavy (non-hydrogen) atoms. The van der Waals surface area contributed by atoms with Gasteiger partial charge in [-0.1, -0.05) is 6.07 Å². The number of aromatic nitrogens is 1. The SMILES string of the molecule is CC(COC(=O)c1c2ccc(OCC#N)cc2n2ccccc12)N(C)C. The van der Waals surface area contributed by atoms with Crippen LogP contribution < -0.4 is 4.74 Å². The first-order chi connectivity index (χ1) is 12.5. The van der Waals surface area contributed by atoms with Crippen LogP contribution in [0.5, 0.6) is 5.75 Å². The summed E-state index contributed by atoms with van der Waals surface area (Å²) >= 11 is 0. The second-order valence-electron chi connectivity index (χ2n) is 6.37. The normalized spacial score (nSPS) is 12.3. The molecule has 0 fully saturated rings. The molecule has 2 heterocycles. The minimum Gasteiger partial charge on any atom is -0.479 e. The second kappa shape index (κ2) is 7.46. The molecule has 0 spiro atoms. The fourth-order valence-electron chi connectivity index (χ4n) is 2.75. The predicted octanol–water partition coefficient (Wildman–Crippen LogP) is 3.10. The number of carbonyl (C=O) groups excluding carboxylic acids is 1. The number of fused-ring (bicyclic) bond motifs is 3. The van der Waals surface area contributed by atoms with E-state index in [0.29, 0.717) is 17.9 Å². The number of hydrogen-bond acceptors (Lipinski definition) is 5. The summed E-state index contributed by atoms with van der Waals surface area (Å²) in [6, 6.07) is 13.2. The molecule has 1 unspecified atom stereocenters. The van der Waals surface area contributed by atoms with E-state index in [4.69, 9.17) is 14.7 Å². The zero-order chi connectivity index (χ0) is 18.7. The lowest BCUT2D eigenvalue weighted by molar-refractivity contribution is 0.0421. The maximum atomic E-state index is 12.8. The van der Waals surface area contributed by atoms with Crippen molar-refractivity contribution >= 4 is 22.4 Å². The number of hydrogen-bond donors (Lipinski definition) is 0. The van der Waals surface area contributed by atoms with Gasteiger partial charge in [-0.15, -0.1) is 0 Å². The molecule has 0 aliphatic carbocycles. The zero-order valence-corrected chi connectivity index (χ0v) is 15.1. The van der Waals surface area contributed by atoms with Gasteiger partial charge in [-0.05, 0) is 45.3 Å². The molecule has 6 heteroatoms. The number of carbonyl (C=O) groups is 1. The third-order valence-corrected chi connectivity index (χ3v) is 4.46. The molecule has 0 N–H and O–H groups in total. The molecule has 1 atom stereocenters. The van der Waals surface area contributed by atoms with E-state index >= 15 is 0 Å². The Morgan fingerprint density at radius 2 is 2.08 bits per heavy atom. The van der Waals surface area contributed by atoms with Crippen LogP contribution >= 0.6 is 0 Å². The van der Waals surface area contributed by atoms with Crippen LogP contribution in [-0.4, -0.2) is 48.6 Å². The summed E-state index contributed by atoms with van der Waals surface area (Å²) in [6.45, 7) is 2.30. The van der Waals surface area contributed by atoms with Crippen molar-refractivity contribution < 1.29 is 14.3 Å². The van der Waals surface area contributed by atoms with Crippen molar-refractivity contribution in [3.05, 3.63) is 48.2 Å². The van der Waals surface area contributed by atoms with E-state index in [1.165, 1.54) is 0 Å². The molecule has 134 valence electrons. The van der Waals surface area contributed by atoms with Crippen molar-refractivity contribution in [3.8, 4) is 11.8 Å². The van der Waals surface area contributed by atoms with Crippen molar-refractivity contribution in [2.45, 2.75) is 13.0 Å². The summed E-state index contributed by atoms with van der Waals surface area (Å²) in [5.41, 5.74) is 2.16. The van der Waals surface area contributed by atoms with E-state index < -0.39 is 0 Å². The molecular formula is C20H21N3O3. The molecule has 3 rings (SSSR count). The van der Waals surface area contributed by atoms with Gasteiger partial charge in [0.15, 0.2) is 6.61 Å². The Morgan fingerprint density at radius 3 is 2.81 bits per heavy atom. The third kappa shape index (κ3) is 3.35. The lowest BCUT2D eigenvalue weighted by atomic mass is 10.1. The summed E-state index contributed by atoms with van der Waals surface area (Å²) in [7, 11) is 3.90. The molecule has 3 aromatic rings. The molecule has 0 bridgehead atoms. The van der Waals surface area contributed by atoms with Gasteiger partial charge in [0.1, 0.15) is 18.4 Å². The number of esters is 1. The molecule has 0 aliphatic rings. The van der Waals surface area contributed by atoms with E-state index in [-0.39, 0.29) is 18.6 Å². The largest absolute Gasteiger partial charge is 0.479 e. The fraction of sp³-hybridized carbons (Fsp3) is 0.300. The van der Waals surface area contributed by atoms with Gasteiger partial charge in [-0.25, -0.2) is 4.79 Å². The molecule has 1 aromatic carbocycles. The van der Waals surface area contributed by atoms with Crippen molar-refractivity contribution in [1.29, 1.82) is 5.26 Å². The quantitative estimate of drug-likeness (QED) is 0.639. The molecule has 0 saturated heterocycles. The van der Waals surface area contributed by atoms with Crippen molar-refractivity contribution in [1.82, 2.24) is 9.30 Å². The summed E-state index contributed by atoms with van der Waals surface area (Å²) in [6.07, 6.45) is 1.89. The highest BCUT2D eigenvalue weighted by molar-refractivity contribution is 6.11. The molecule has 0 saturated carbocycles. The Labute approximate surface area is 152 Å². The summed E-state index contributed by atoms with van der Waals surface area (Å²) < 4.78 is 12.9. The average Bonchev–Trinajstić information content (AvgIpc) is 2.98. The average molecular weight is 351 g/mol. The highest BCUT2D eigenvalue weighted by Gasteiger charge is 2.20. The standard InChI is InChI=1S/C20H21N3O3/c1-14(22(2)3)13-26-20(24)19-16-8-7-15(25-11-9-21)12-18(16)23-10-5-4-6-17(19)23/h4-8,10,12,14H,11,13H2,1-3H3. The lowest BCUT2D eigenvalue weighted by Crippen LogP contribution is -2.30. The monoisotopic (exact) mass is 351 g/mol. The van der Waals surface area contributed by atoms with Crippen LogP contribution in [0.25, 0.3) is 16.4 Å². The van der Waals surface area contributed by atoms with Gasteiger partial charge in [0.25, 0.3) is 0 Å². The molecule has 2 aromatic heterocycles. The minimum absolute atomic E-state index is 0.0217. The molecule has 6 nitrogen and oxygen atoms in total. The second-order valence-corrected chi connectivity index (χ2v) is 6.37. The maximum absolute atomic E-state index is 12.8. The number of pyridine rings is 1. The van der Waals surface area contributed by atoms with Gasteiger partial charge in [0.2, 0.25) is 0 Å². The van der Waals surface area contributed by atoms with Gasteiger partial charge in [0, 0.05) is 23.7 Å². The number of benzene rings is 1. The van der Waals surface area contributed by atoms with Gasteiger partial charge in [-0.2, -0.15) is 5.26 Å². The van der Waals surface area contributed by atoms with Crippen LogP contribution in [0.2, 0.25) is 0 Å². The first kappa shape index (κ1) is 17.8. The molecular weight excluding hydrogens is 330 g/mol. The van der Waals surface area contributed by atoms with Crippen LogP contribution in [0, 0.1) is 11.3 Å². The first-order valence-electron chi connectivity index (χ1n) is 8.39. The topological polar surface area (TPSA) is 67.0 Å². The molecule has 0 aliphatic heterocycles. The van der Waals surface area contributed by atoms with E-state index in [1.54, 1.807) is 6.07 Å². The minimum atomic E-state index is -0.344. The Morgan fingerprint density at radius 1 is 1.27 bits per heavy atom. The van der Waals surface area contributed by atoms with Crippen LogP contribution in [-0.2, 0) is 4.74 Å². The van der Waals surface area contributed by atoms with Crippen LogP contribution in [0.15, 0.2) is 42.6 Å². The Kier molecular flexibility index (Phi) is 5.10. The van der Waals surface area contributed by atoms with Crippen LogP contribution in [0.4, 0.5) is 0 Å². The van der Waals surface area contributed by atoms with Gasteiger partial charge in [0.05, 0.1) is 16.6 Å². The maximum Gasteiger partial charge on any atom is 0.341 e. The number of ether oxygens (including phenoxy) is 2. The van der Waals surface area contributed by atoms with E-state index in [0.717, 1.165) is 16.4 Å². The first-order valence-corrected chi connectivity index (χ1v) is 8.39. The third-order valence-electron chi connectivity index (χ3n) is 4.46. The Balaban J connectivity index is 2.03. The van der Waals surface area contributed by atoms with E-state index in [2.05, 4.69) is 0 Å². The van der Waals surface area contributed by atoms with Gasteiger partial charge >= 0.3 is 5.97 Å². The van der Waals surface area contributed by atoms with Gasteiger partial charge in [-0.3, -0.25) is 0 Å². The summed E-state index contributed by atoms with van der Waals surface area (Å²) in [5.74, 6) is 0.242. The van der Waals surface area contributed by atoms with Crippen molar-refractivity contribution in [2.24, 2.45) is 0 Å². The van der Waals surface area contributed by atoms with Crippen LogP contribution in [0.1, 0.15) is 17.3 Å². The molecule has 0 radical (unpaired) electrons. The fourth-order valence-corrected chi connectivity index (χ4v) is 2.75. The predicted molar refractivity (Wildman–Crippen MR) is 99.4 cm³/mol. The van der Waals surface area contributed by atoms with Crippen LogP contribution in [0.3, 0.4) is 0 Å².